The Hall–Kier alpha value is -2.50. The Morgan fingerprint density at radius 2 is 1.67 bits per heavy atom. The lowest BCUT2D eigenvalue weighted by atomic mass is 9.86. The predicted octanol–water partition coefficient (Wildman–Crippen LogP) is 3.38. The molecule has 0 bridgehead atoms. The molecule has 36 heavy (non-hydrogen) atoms. The molecule has 1 saturated heterocycles. The van der Waals surface area contributed by atoms with Crippen LogP contribution in [0, 0.1) is 11.2 Å². The van der Waals surface area contributed by atoms with Crippen molar-refractivity contribution in [3.8, 4) is 5.75 Å². The van der Waals surface area contributed by atoms with Crippen molar-refractivity contribution in [2.24, 2.45) is 5.41 Å². The maximum absolute atomic E-state index is 13.0. The molecule has 0 radical (unpaired) electrons. The number of sulfonamides is 1. The molecule has 1 fully saturated rings. The minimum absolute atomic E-state index is 0.0454. The number of ether oxygens (including phenoxy) is 1. The predicted molar refractivity (Wildman–Crippen MR) is 134 cm³/mol. The van der Waals surface area contributed by atoms with Crippen LogP contribution in [0.5, 0.6) is 5.75 Å². The summed E-state index contributed by atoms with van der Waals surface area (Å²) < 4.78 is 69.6. The Labute approximate surface area is 212 Å². The van der Waals surface area contributed by atoms with E-state index in [9.17, 15) is 26.0 Å². The highest BCUT2D eigenvalue weighted by molar-refractivity contribution is 7.91. The van der Waals surface area contributed by atoms with Crippen LogP contribution in [0.2, 0.25) is 0 Å². The van der Waals surface area contributed by atoms with Gasteiger partial charge in [0, 0.05) is 30.8 Å². The molecule has 1 aliphatic rings. The van der Waals surface area contributed by atoms with Gasteiger partial charge < -0.3 is 10.1 Å². The number of piperidine rings is 1. The van der Waals surface area contributed by atoms with Crippen molar-refractivity contribution in [2.75, 3.05) is 26.0 Å². The fraction of sp³-hybridized carbons (Fsp3) is 0.480. The average Bonchev–Trinajstić information content (AvgIpc) is 2.83. The summed E-state index contributed by atoms with van der Waals surface area (Å²) in [6, 6.07) is 11.0. The zero-order chi connectivity index (χ0) is 26.6. The molecule has 0 atom stereocenters. The summed E-state index contributed by atoms with van der Waals surface area (Å²) in [7, 11) is -7.37. The molecule has 2 aromatic rings. The van der Waals surface area contributed by atoms with Gasteiger partial charge in [-0.2, -0.15) is 4.31 Å². The topological polar surface area (TPSA) is 110 Å². The van der Waals surface area contributed by atoms with Gasteiger partial charge in [0.15, 0.2) is 9.84 Å². The van der Waals surface area contributed by atoms with Gasteiger partial charge in [0.25, 0.3) is 0 Å². The average molecular weight is 541 g/mol. The van der Waals surface area contributed by atoms with Crippen LogP contribution in [0.3, 0.4) is 0 Å². The van der Waals surface area contributed by atoms with Crippen molar-refractivity contribution in [3.63, 3.8) is 0 Å². The fourth-order valence-corrected chi connectivity index (χ4v) is 6.24. The van der Waals surface area contributed by atoms with Crippen LogP contribution in [0.15, 0.2) is 58.3 Å². The van der Waals surface area contributed by atoms with Crippen molar-refractivity contribution >= 4 is 25.8 Å². The van der Waals surface area contributed by atoms with Gasteiger partial charge in [-0.1, -0.05) is 19.9 Å². The number of hydrogen-bond acceptors (Lipinski definition) is 6. The standard InChI is InChI=1S/C25H33FN2O6S2/c1-25(2,14-5-17-34-21-10-8-19(26)9-11-21)24(29)27-20-12-15-28(16-13-20)36(32,33)23-7-4-6-22(18-23)35(3,30)31/h4,6-11,18,20H,5,12-17H2,1-3H3,(H,27,29). The number of rotatable bonds is 10. The summed E-state index contributed by atoms with van der Waals surface area (Å²) in [5.74, 6) is 0.139. The van der Waals surface area contributed by atoms with Gasteiger partial charge in [-0.3, -0.25) is 4.79 Å². The molecule has 3 rings (SSSR count). The van der Waals surface area contributed by atoms with Crippen LogP contribution in [0.4, 0.5) is 4.39 Å². The second-order valence-corrected chi connectivity index (χ2v) is 13.6. The Morgan fingerprint density at radius 1 is 1.06 bits per heavy atom. The van der Waals surface area contributed by atoms with E-state index in [1.54, 1.807) is 12.1 Å². The minimum Gasteiger partial charge on any atom is -0.494 e. The first-order chi connectivity index (χ1) is 16.8. The monoisotopic (exact) mass is 540 g/mol. The molecule has 198 valence electrons. The molecule has 0 aromatic heterocycles. The van der Waals surface area contributed by atoms with Crippen molar-refractivity contribution in [1.29, 1.82) is 0 Å². The molecule has 1 heterocycles. The number of halogens is 1. The Morgan fingerprint density at radius 3 is 2.28 bits per heavy atom. The number of hydrogen-bond donors (Lipinski definition) is 1. The molecule has 1 amide bonds. The largest absolute Gasteiger partial charge is 0.494 e. The fourth-order valence-electron chi connectivity index (χ4n) is 3.98. The smallest absolute Gasteiger partial charge is 0.243 e. The van der Waals surface area contributed by atoms with Gasteiger partial charge in [-0.05, 0) is 68.1 Å². The molecule has 1 N–H and O–H groups in total. The van der Waals surface area contributed by atoms with Crippen LogP contribution < -0.4 is 10.1 Å². The third-order valence-corrected chi connectivity index (χ3v) is 9.31. The van der Waals surface area contributed by atoms with E-state index in [4.69, 9.17) is 4.74 Å². The first-order valence-electron chi connectivity index (χ1n) is 11.8. The Kier molecular flexibility index (Phi) is 8.79. The molecule has 0 aliphatic carbocycles. The molecule has 8 nitrogen and oxygen atoms in total. The van der Waals surface area contributed by atoms with Crippen LogP contribution in [-0.2, 0) is 24.7 Å². The normalized spacial score (nSPS) is 16.0. The summed E-state index contributed by atoms with van der Waals surface area (Å²) in [5.41, 5.74) is -0.637. The van der Waals surface area contributed by atoms with Crippen molar-refractivity contribution in [1.82, 2.24) is 9.62 Å². The van der Waals surface area contributed by atoms with E-state index in [1.807, 2.05) is 13.8 Å². The number of amides is 1. The van der Waals surface area contributed by atoms with E-state index in [0.717, 1.165) is 6.26 Å². The highest BCUT2D eigenvalue weighted by Gasteiger charge is 2.33. The van der Waals surface area contributed by atoms with E-state index in [0.29, 0.717) is 38.0 Å². The zero-order valence-electron chi connectivity index (χ0n) is 20.7. The van der Waals surface area contributed by atoms with Gasteiger partial charge in [0.05, 0.1) is 16.4 Å². The van der Waals surface area contributed by atoms with Gasteiger partial charge in [-0.15, -0.1) is 0 Å². The summed E-state index contributed by atoms with van der Waals surface area (Å²) in [4.78, 5) is 12.8. The van der Waals surface area contributed by atoms with E-state index in [-0.39, 0.29) is 40.6 Å². The van der Waals surface area contributed by atoms with E-state index in [1.165, 1.54) is 40.7 Å². The minimum atomic E-state index is -3.84. The quantitative estimate of drug-likeness (QED) is 0.463. The lowest BCUT2D eigenvalue weighted by molar-refractivity contribution is -0.130. The molecule has 0 unspecified atom stereocenters. The number of nitrogens with zero attached hydrogens (tertiary/aromatic N) is 1. The first kappa shape index (κ1) is 28.1. The second kappa shape index (κ2) is 11.3. The van der Waals surface area contributed by atoms with E-state index >= 15 is 0 Å². The van der Waals surface area contributed by atoms with E-state index < -0.39 is 25.3 Å². The Bertz CT molecular complexity index is 1270. The van der Waals surface area contributed by atoms with Crippen LogP contribution in [-0.4, -0.2) is 59.0 Å². The second-order valence-electron chi connectivity index (χ2n) is 9.69. The third kappa shape index (κ3) is 7.27. The number of carbonyl (C=O) groups is 1. The molecule has 11 heteroatoms. The van der Waals surface area contributed by atoms with Gasteiger partial charge in [-0.25, -0.2) is 21.2 Å². The van der Waals surface area contributed by atoms with Gasteiger partial charge >= 0.3 is 0 Å². The first-order valence-corrected chi connectivity index (χ1v) is 15.1. The highest BCUT2D eigenvalue weighted by atomic mass is 32.2. The van der Waals surface area contributed by atoms with Crippen LogP contribution >= 0.6 is 0 Å². The van der Waals surface area contributed by atoms with Crippen molar-refractivity contribution in [2.45, 2.75) is 55.4 Å². The van der Waals surface area contributed by atoms with Crippen LogP contribution in [0.1, 0.15) is 39.5 Å². The lowest BCUT2D eigenvalue weighted by Crippen LogP contribution is -2.49. The number of sulfone groups is 1. The highest BCUT2D eigenvalue weighted by Crippen LogP contribution is 2.26. The zero-order valence-corrected chi connectivity index (χ0v) is 22.4. The summed E-state index contributed by atoms with van der Waals surface area (Å²) in [5, 5.41) is 3.04. The molecule has 1 aliphatic heterocycles. The number of nitrogens with one attached hydrogen (secondary N) is 1. The summed E-state index contributed by atoms with van der Waals surface area (Å²) >= 11 is 0. The van der Waals surface area contributed by atoms with Gasteiger partial charge in [0.2, 0.25) is 15.9 Å². The lowest BCUT2D eigenvalue weighted by Gasteiger charge is -2.34. The number of benzene rings is 2. The van der Waals surface area contributed by atoms with Crippen molar-refractivity contribution < 1.29 is 30.8 Å². The Balaban J connectivity index is 1.48. The maximum Gasteiger partial charge on any atom is 0.243 e. The van der Waals surface area contributed by atoms with Crippen LogP contribution in [0.25, 0.3) is 0 Å². The summed E-state index contributed by atoms with van der Waals surface area (Å²) in [6.07, 6.45) is 3.18. The SMILES string of the molecule is CC(C)(CCCOc1ccc(F)cc1)C(=O)NC1CCN(S(=O)(=O)c2cccc(S(C)(=O)=O)c2)CC1. The maximum atomic E-state index is 13.0. The molecule has 0 spiro atoms. The van der Waals surface area contributed by atoms with E-state index in [2.05, 4.69) is 5.32 Å². The van der Waals surface area contributed by atoms with Gasteiger partial charge in [0.1, 0.15) is 11.6 Å². The molecule has 2 aromatic carbocycles. The molecular formula is C25H33FN2O6S2. The summed E-state index contributed by atoms with van der Waals surface area (Å²) in [6.45, 7) is 4.56. The molecule has 0 saturated carbocycles. The number of carbonyl (C=O) groups excluding carboxylic acids is 1. The molecular weight excluding hydrogens is 507 g/mol. The third-order valence-electron chi connectivity index (χ3n) is 6.30. The van der Waals surface area contributed by atoms with Crippen molar-refractivity contribution in [3.05, 3.63) is 54.3 Å².